The molecule has 0 aliphatic carbocycles. The Kier molecular flexibility index (Phi) is 5.57. The Morgan fingerprint density at radius 1 is 1.08 bits per heavy atom. The van der Waals surface area contributed by atoms with Crippen molar-refractivity contribution in [2.75, 3.05) is 38.6 Å². The number of benzene rings is 1. The molecule has 5 heteroatoms. The van der Waals surface area contributed by atoms with E-state index in [0.29, 0.717) is 6.04 Å². The highest BCUT2D eigenvalue weighted by atomic mass is 32.1. The zero-order valence-corrected chi connectivity index (χ0v) is 16.8. The summed E-state index contributed by atoms with van der Waals surface area (Å²) in [6.45, 7) is 5.60. The lowest BCUT2D eigenvalue weighted by molar-refractivity contribution is 0.250. The zero-order chi connectivity index (χ0) is 17.9. The van der Waals surface area contributed by atoms with Crippen molar-refractivity contribution in [3.05, 3.63) is 46.5 Å². The third-order valence-corrected chi connectivity index (χ3v) is 6.55. The van der Waals surface area contributed by atoms with Gasteiger partial charge in [-0.25, -0.2) is 4.98 Å². The molecule has 2 aliphatic heterocycles. The van der Waals surface area contributed by atoms with Crippen LogP contribution in [0.4, 0.5) is 5.13 Å². The SMILES string of the molecule is CN(C)Cc1ccc([C@H]2CCCN2Cc2cnc(N3CCCC3)s2)cc1. The van der Waals surface area contributed by atoms with Gasteiger partial charge in [-0.15, -0.1) is 11.3 Å². The Morgan fingerprint density at radius 3 is 2.58 bits per heavy atom. The summed E-state index contributed by atoms with van der Waals surface area (Å²) >= 11 is 1.89. The lowest BCUT2D eigenvalue weighted by atomic mass is 10.0. The molecule has 140 valence electrons. The van der Waals surface area contributed by atoms with Gasteiger partial charge in [-0.3, -0.25) is 4.90 Å². The molecule has 0 radical (unpaired) electrons. The average molecular weight is 371 g/mol. The van der Waals surface area contributed by atoms with Crippen molar-refractivity contribution in [3.8, 4) is 0 Å². The molecular formula is C21H30N4S. The van der Waals surface area contributed by atoms with Crippen LogP contribution in [0.15, 0.2) is 30.5 Å². The molecule has 0 bridgehead atoms. The standard InChI is InChI=1S/C21H30N4S/c1-23(2)15-17-7-9-18(10-8-17)20-6-5-13-25(20)16-19-14-22-21(26-19)24-11-3-4-12-24/h7-10,14,20H,3-6,11-13,15-16H2,1-2H3/t20-/m1/s1. The lowest BCUT2D eigenvalue weighted by Gasteiger charge is -2.24. The molecule has 4 nitrogen and oxygen atoms in total. The van der Waals surface area contributed by atoms with Gasteiger partial charge in [0, 0.05) is 43.3 Å². The molecule has 4 rings (SSSR count). The smallest absolute Gasteiger partial charge is 0.185 e. The maximum atomic E-state index is 4.69. The van der Waals surface area contributed by atoms with Gasteiger partial charge in [-0.2, -0.15) is 0 Å². The fourth-order valence-corrected chi connectivity index (χ4v) is 5.22. The number of anilines is 1. The molecule has 1 aromatic heterocycles. The normalized spacial score (nSPS) is 21.2. The summed E-state index contributed by atoms with van der Waals surface area (Å²) in [6.07, 6.45) is 7.29. The van der Waals surface area contributed by atoms with Gasteiger partial charge in [0.05, 0.1) is 0 Å². The Bertz CT molecular complexity index is 703. The first-order valence-corrected chi connectivity index (χ1v) is 10.7. The van der Waals surface area contributed by atoms with Crippen molar-refractivity contribution < 1.29 is 0 Å². The second-order valence-corrected chi connectivity index (χ2v) is 9.00. The summed E-state index contributed by atoms with van der Waals surface area (Å²) in [5.74, 6) is 0. The average Bonchev–Trinajstić information content (AvgIpc) is 3.37. The highest BCUT2D eigenvalue weighted by molar-refractivity contribution is 7.15. The molecule has 26 heavy (non-hydrogen) atoms. The molecule has 2 fully saturated rings. The highest BCUT2D eigenvalue weighted by Gasteiger charge is 2.27. The fraction of sp³-hybridized carbons (Fsp3) is 0.571. The van der Waals surface area contributed by atoms with Crippen LogP contribution in [0.1, 0.15) is 47.7 Å². The Labute approximate surface area is 161 Å². The summed E-state index contributed by atoms with van der Waals surface area (Å²) in [4.78, 5) is 13.4. The Morgan fingerprint density at radius 2 is 1.85 bits per heavy atom. The summed E-state index contributed by atoms with van der Waals surface area (Å²) in [5, 5.41) is 1.22. The second-order valence-electron chi connectivity index (χ2n) is 7.91. The van der Waals surface area contributed by atoms with Crippen molar-refractivity contribution in [3.63, 3.8) is 0 Å². The Balaban J connectivity index is 1.41. The fourth-order valence-electron chi connectivity index (χ4n) is 4.23. The van der Waals surface area contributed by atoms with Gasteiger partial charge in [0.1, 0.15) is 0 Å². The van der Waals surface area contributed by atoms with Gasteiger partial charge < -0.3 is 9.80 Å². The van der Waals surface area contributed by atoms with E-state index in [-0.39, 0.29) is 0 Å². The quantitative estimate of drug-likeness (QED) is 0.762. The molecule has 0 spiro atoms. The summed E-state index contributed by atoms with van der Waals surface area (Å²) < 4.78 is 0. The van der Waals surface area contributed by atoms with E-state index in [1.54, 1.807) is 0 Å². The highest BCUT2D eigenvalue weighted by Crippen LogP contribution is 2.35. The minimum absolute atomic E-state index is 0.556. The minimum Gasteiger partial charge on any atom is -0.348 e. The third-order valence-electron chi connectivity index (χ3n) is 5.50. The number of rotatable bonds is 6. The number of hydrogen-bond acceptors (Lipinski definition) is 5. The van der Waals surface area contributed by atoms with Crippen LogP contribution in [0.2, 0.25) is 0 Å². The van der Waals surface area contributed by atoms with Crippen LogP contribution in [0.25, 0.3) is 0 Å². The van der Waals surface area contributed by atoms with Crippen LogP contribution in [-0.2, 0) is 13.1 Å². The van der Waals surface area contributed by atoms with Crippen LogP contribution < -0.4 is 4.90 Å². The first-order valence-electron chi connectivity index (χ1n) is 9.86. The van der Waals surface area contributed by atoms with Crippen molar-refractivity contribution in [2.45, 2.75) is 44.8 Å². The van der Waals surface area contributed by atoms with E-state index >= 15 is 0 Å². The molecular weight excluding hydrogens is 340 g/mol. The molecule has 0 unspecified atom stereocenters. The van der Waals surface area contributed by atoms with Gasteiger partial charge in [0.15, 0.2) is 5.13 Å². The van der Waals surface area contributed by atoms with Gasteiger partial charge in [-0.05, 0) is 57.5 Å². The largest absolute Gasteiger partial charge is 0.348 e. The maximum absolute atomic E-state index is 4.69. The number of hydrogen-bond donors (Lipinski definition) is 0. The number of likely N-dealkylation sites (tertiary alicyclic amines) is 1. The third kappa shape index (κ3) is 4.11. The molecule has 1 atom stereocenters. The first kappa shape index (κ1) is 18.0. The number of nitrogens with zero attached hydrogens (tertiary/aromatic N) is 4. The maximum Gasteiger partial charge on any atom is 0.185 e. The predicted molar refractivity (Wildman–Crippen MR) is 110 cm³/mol. The van der Waals surface area contributed by atoms with Crippen molar-refractivity contribution in [1.29, 1.82) is 0 Å². The number of thiazole rings is 1. The predicted octanol–water partition coefficient (Wildman–Crippen LogP) is 4.14. The van der Waals surface area contributed by atoms with Gasteiger partial charge in [0.2, 0.25) is 0 Å². The zero-order valence-electron chi connectivity index (χ0n) is 16.0. The minimum atomic E-state index is 0.556. The molecule has 0 saturated carbocycles. The molecule has 0 N–H and O–H groups in total. The molecule has 0 amide bonds. The summed E-state index contributed by atoms with van der Waals surface area (Å²) in [7, 11) is 4.25. The summed E-state index contributed by atoms with van der Waals surface area (Å²) in [5.41, 5.74) is 2.86. The molecule has 2 aromatic rings. The summed E-state index contributed by atoms with van der Waals surface area (Å²) in [6, 6.07) is 9.82. The van der Waals surface area contributed by atoms with Crippen LogP contribution in [-0.4, -0.2) is 48.5 Å². The second kappa shape index (κ2) is 8.07. The van der Waals surface area contributed by atoms with Crippen molar-refractivity contribution >= 4 is 16.5 Å². The topological polar surface area (TPSA) is 22.6 Å². The van der Waals surface area contributed by atoms with E-state index in [1.165, 1.54) is 66.5 Å². The van der Waals surface area contributed by atoms with E-state index in [1.807, 2.05) is 11.3 Å². The molecule has 2 saturated heterocycles. The van der Waals surface area contributed by atoms with Crippen LogP contribution in [0.5, 0.6) is 0 Å². The van der Waals surface area contributed by atoms with Crippen LogP contribution in [0.3, 0.4) is 0 Å². The van der Waals surface area contributed by atoms with Gasteiger partial charge >= 0.3 is 0 Å². The first-order chi connectivity index (χ1) is 12.7. The molecule has 1 aromatic carbocycles. The van der Waals surface area contributed by atoms with Crippen LogP contribution in [0, 0.1) is 0 Å². The van der Waals surface area contributed by atoms with Gasteiger partial charge in [0.25, 0.3) is 0 Å². The van der Waals surface area contributed by atoms with E-state index < -0.39 is 0 Å². The van der Waals surface area contributed by atoms with E-state index in [0.717, 1.165) is 13.1 Å². The van der Waals surface area contributed by atoms with Crippen LogP contribution >= 0.6 is 11.3 Å². The Hall–Kier alpha value is -1.43. The van der Waals surface area contributed by atoms with Crippen molar-refractivity contribution in [1.82, 2.24) is 14.8 Å². The van der Waals surface area contributed by atoms with E-state index in [2.05, 4.69) is 59.3 Å². The molecule has 3 heterocycles. The van der Waals surface area contributed by atoms with E-state index in [9.17, 15) is 0 Å². The van der Waals surface area contributed by atoms with Gasteiger partial charge in [-0.1, -0.05) is 24.3 Å². The number of aromatic nitrogens is 1. The van der Waals surface area contributed by atoms with Crippen molar-refractivity contribution in [2.24, 2.45) is 0 Å². The van der Waals surface area contributed by atoms with E-state index in [4.69, 9.17) is 4.98 Å². The lowest BCUT2D eigenvalue weighted by Crippen LogP contribution is -2.22. The molecule has 2 aliphatic rings. The monoisotopic (exact) mass is 370 g/mol.